The molecule has 5 nitrogen and oxygen atoms in total. The van der Waals surface area contributed by atoms with Crippen LogP contribution in [0.5, 0.6) is 5.75 Å². The first-order chi connectivity index (χ1) is 10.4. The van der Waals surface area contributed by atoms with Crippen LogP contribution >= 0.6 is 27.5 Å². The monoisotopic (exact) mass is 421 g/mol. The van der Waals surface area contributed by atoms with Gasteiger partial charge in [0, 0.05) is 18.1 Å². The Hall–Kier alpha value is -0.633. The first-order valence-electron chi connectivity index (χ1n) is 7.40. The summed E-state index contributed by atoms with van der Waals surface area (Å²) >= 11 is 9.44. The van der Waals surface area contributed by atoms with Gasteiger partial charge in [-0.25, -0.2) is 0 Å². The molecule has 1 heterocycles. The van der Waals surface area contributed by atoms with Gasteiger partial charge in [-0.3, -0.25) is 10.1 Å². The fraction of sp³-hybridized carbons (Fsp3) is 0.600. The summed E-state index contributed by atoms with van der Waals surface area (Å²) < 4.78 is 12.5. The average Bonchev–Trinajstić information content (AvgIpc) is 2.84. The van der Waals surface area contributed by atoms with Crippen LogP contribution < -0.4 is 4.74 Å². The smallest absolute Gasteiger partial charge is 0.285 e. The van der Waals surface area contributed by atoms with Crippen LogP contribution in [0.25, 0.3) is 0 Å². The second-order valence-electron chi connectivity index (χ2n) is 7.27. The highest BCUT2D eigenvalue weighted by atomic mass is 79.9. The van der Waals surface area contributed by atoms with Crippen LogP contribution in [0.1, 0.15) is 26.3 Å². The molecule has 1 aliphatic heterocycles. The predicted molar refractivity (Wildman–Crippen MR) is 97.1 cm³/mol. The van der Waals surface area contributed by atoms with Crippen molar-refractivity contribution in [3.63, 3.8) is 0 Å². The first kappa shape index (κ1) is 18.7. The van der Waals surface area contributed by atoms with E-state index >= 15 is 0 Å². The van der Waals surface area contributed by atoms with E-state index in [-0.39, 0.29) is 21.9 Å². The van der Waals surface area contributed by atoms with E-state index in [1.807, 2.05) is 0 Å². The van der Waals surface area contributed by atoms with Gasteiger partial charge in [-0.15, -0.1) is 0 Å². The fourth-order valence-electron chi connectivity index (χ4n) is 2.14. The Morgan fingerprint density at radius 1 is 1.52 bits per heavy atom. The molecule has 0 N–H and O–H groups in total. The van der Waals surface area contributed by atoms with Gasteiger partial charge in [0.05, 0.1) is 16.6 Å². The van der Waals surface area contributed by atoms with E-state index in [4.69, 9.17) is 20.8 Å². The van der Waals surface area contributed by atoms with E-state index in [0.29, 0.717) is 23.2 Å². The average molecular weight is 423 g/mol. The van der Waals surface area contributed by atoms with E-state index in [2.05, 4.69) is 49.8 Å². The van der Waals surface area contributed by atoms with Crippen molar-refractivity contribution >= 4 is 41.5 Å². The SMILES string of the molecule is CC(C)(C)[Si](C)(C)OCC1Cc2c(Br)c([N+](=O)[O-])cc(Cl)c2O1. The molecule has 0 aromatic heterocycles. The Balaban J connectivity index is 2.16. The lowest BCUT2D eigenvalue weighted by Crippen LogP contribution is -2.43. The molecule has 0 radical (unpaired) electrons. The number of hydrogen-bond donors (Lipinski definition) is 0. The van der Waals surface area contributed by atoms with E-state index in [9.17, 15) is 10.1 Å². The van der Waals surface area contributed by atoms with Gasteiger partial charge in [0.25, 0.3) is 5.69 Å². The molecule has 1 aromatic carbocycles. The number of halogens is 2. The second-order valence-corrected chi connectivity index (χ2v) is 13.3. The number of rotatable bonds is 4. The van der Waals surface area contributed by atoms with Gasteiger partial charge < -0.3 is 9.16 Å². The van der Waals surface area contributed by atoms with Crippen LogP contribution in [0.3, 0.4) is 0 Å². The standard InChI is InChI=1S/C15H21BrClNO4Si/c1-15(2,3)23(4,5)21-8-9-6-10-13(16)12(18(19)20)7-11(17)14(10)22-9/h7,9H,6,8H2,1-5H3. The lowest BCUT2D eigenvalue weighted by molar-refractivity contribution is -0.385. The van der Waals surface area contributed by atoms with E-state index in [0.717, 1.165) is 5.56 Å². The normalized spacial score (nSPS) is 17.8. The third-order valence-corrected chi connectivity index (χ3v) is 10.3. The van der Waals surface area contributed by atoms with Crippen LogP contribution in [0.15, 0.2) is 10.5 Å². The Bertz CT molecular complexity index is 645. The number of hydrogen-bond acceptors (Lipinski definition) is 4. The van der Waals surface area contributed by atoms with E-state index in [1.54, 1.807) is 0 Å². The molecular weight excluding hydrogens is 402 g/mol. The number of nitrogens with zero attached hydrogens (tertiary/aromatic N) is 1. The Morgan fingerprint density at radius 3 is 2.65 bits per heavy atom. The molecule has 0 aliphatic carbocycles. The summed E-state index contributed by atoms with van der Waals surface area (Å²) in [5.41, 5.74) is 0.705. The van der Waals surface area contributed by atoms with Crippen LogP contribution in [-0.2, 0) is 10.8 Å². The van der Waals surface area contributed by atoms with Crippen molar-refractivity contribution in [1.29, 1.82) is 0 Å². The molecule has 0 amide bonds. The van der Waals surface area contributed by atoms with Crippen molar-refractivity contribution < 1.29 is 14.1 Å². The van der Waals surface area contributed by atoms with Crippen molar-refractivity contribution in [2.75, 3.05) is 6.61 Å². The fourth-order valence-corrected chi connectivity index (χ4v) is 4.04. The van der Waals surface area contributed by atoms with E-state index < -0.39 is 13.2 Å². The Morgan fingerprint density at radius 2 is 2.13 bits per heavy atom. The molecule has 1 aromatic rings. The van der Waals surface area contributed by atoms with Crippen LogP contribution in [-0.4, -0.2) is 26.0 Å². The summed E-state index contributed by atoms with van der Waals surface area (Å²) in [5, 5.41) is 11.5. The molecule has 0 fully saturated rings. The topological polar surface area (TPSA) is 61.6 Å². The summed E-state index contributed by atoms with van der Waals surface area (Å²) in [7, 11) is -1.86. The van der Waals surface area contributed by atoms with Gasteiger partial charge in [-0.2, -0.15) is 0 Å². The molecule has 1 unspecified atom stereocenters. The highest BCUT2D eigenvalue weighted by molar-refractivity contribution is 9.10. The van der Waals surface area contributed by atoms with Crippen molar-refractivity contribution in [2.45, 2.75) is 51.4 Å². The van der Waals surface area contributed by atoms with Gasteiger partial charge in [-0.05, 0) is 34.1 Å². The number of benzene rings is 1. The molecule has 8 heteroatoms. The number of fused-ring (bicyclic) bond motifs is 1. The predicted octanol–water partition coefficient (Wildman–Crippen LogP) is 5.34. The highest BCUT2D eigenvalue weighted by Gasteiger charge is 2.39. The summed E-state index contributed by atoms with van der Waals surface area (Å²) in [4.78, 5) is 10.6. The van der Waals surface area contributed by atoms with Crippen molar-refractivity contribution in [2.24, 2.45) is 0 Å². The number of nitro benzene ring substituents is 1. The zero-order valence-electron chi connectivity index (χ0n) is 13.9. The maximum Gasteiger partial charge on any atom is 0.285 e. The van der Waals surface area contributed by atoms with Gasteiger partial charge in [-0.1, -0.05) is 32.4 Å². The van der Waals surface area contributed by atoms with Crippen molar-refractivity contribution in [3.8, 4) is 5.75 Å². The Kier molecular flexibility index (Phi) is 5.16. The number of nitro groups is 1. The zero-order chi connectivity index (χ0) is 17.6. The van der Waals surface area contributed by atoms with Crippen LogP contribution in [0.2, 0.25) is 23.2 Å². The summed E-state index contributed by atoms with van der Waals surface area (Å²) in [6.07, 6.45) is 0.376. The summed E-state index contributed by atoms with van der Waals surface area (Å²) in [6.45, 7) is 11.4. The third-order valence-electron chi connectivity index (χ3n) is 4.59. The molecule has 0 spiro atoms. The minimum atomic E-state index is -1.86. The maximum absolute atomic E-state index is 11.1. The molecule has 0 bridgehead atoms. The molecule has 1 atom stereocenters. The second kappa shape index (κ2) is 6.35. The van der Waals surface area contributed by atoms with Crippen molar-refractivity contribution in [3.05, 3.63) is 31.2 Å². The van der Waals surface area contributed by atoms with E-state index in [1.165, 1.54) is 6.07 Å². The molecule has 128 valence electrons. The number of ether oxygens (including phenoxy) is 1. The molecular formula is C15H21BrClNO4Si. The molecule has 1 aliphatic rings. The van der Waals surface area contributed by atoms with Gasteiger partial charge in [0.15, 0.2) is 8.32 Å². The minimum absolute atomic E-state index is 0.0386. The third kappa shape index (κ3) is 3.73. The van der Waals surface area contributed by atoms with Crippen LogP contribution in [0.4, 0.5) is 5.69 Å². The lowest BCUT2D eigenvalue weighted by atomic mass is 10.1. The molecule has 23 heavy (non-hydrogen) atoms. The maximum atomic E-state index is 11.1. The van der Waals surface area contributed by atoms with Gasteiger partial charge >= 0.3 is 0 Å². The Labute approximate surface area is 150 Å². The molecule has 2 rings (SSSR count). The molecule has 0 saturated heterocycles. The van der Waals surface area contributed by atoms with Gasteiger partial charge in [0.2, 0.25) is 0 Å². The van der Waals surface area contributed by atoms with Gasteiger partial charge in [0.1, 0.15) is 16.3 Å². The lowest BCUT2D eigenvalue weighted by Gasteiger charge is -2.36. The zero-order valence-corrected chi connectivity index (χ0v) is 17.2. The van der Waals surface area contributed by atoms with Crippen LogP contribution in [0, 0.1) is 10.1 Å². The van der Waals surface area contributed by atoms with Crippen molar-refractivity contribution in [1.82, 2.24) is 0 Å². The summed E-state index contributed by atoms with van der Waals surface area (Å²) in [5.74, 6) is 0.521. The molecule has 0 saturated carbocycles. The first-order valence-corrected chi connectivity index (χ1v) is 11.5. The highest BCUT2D eigenvalue weighted by Crippen LogP contribution is 2.45. The largest absolute Gasteiger partial charge is 0.486 e. The quantitative estimate of drug-likeness (QED) is 0.373. The minimum Gasteiger partial charge on any atom is -0.486 e. The summed E-state index contributed by atoms with van der Waals surface area (Å²) in [6, 6.07) is 1.32.